The summed E-state index contributed by atoms with van der Waals surface area (Å²) < 4.78 is 25.7. The molecular formula is C21H27N5O4S. The number of nitrogen functional groups attached to an aromatic ring is 1. The third-order valence-electron chi connectivity index (χ3n) is 5.04. The second-order valence-corrected chi connectivity index (χ2v) is 9.57. The second-order valence-electron chi connectivity index (χ2n) is 7.45. The maximum atomic E-state index is 12.6. The zero-order valence-electron chi connectivity index (χ0n) is 17.7. The van der Waals surface area contributed by atoms with Gasteiger partial charge in [0.15, 0.2) is 5.78 Å². The number of Topliss-reactive ketones (excluding diaryl/α,β-unsaturated/α-hetero) is 1. The lowest BCUT2D eigenvalue weighted by Crippen LogP contribution is -2.27. The molecule has 1 aliphatic heterocycles. The first-order valence-corrected chi connectivity index (χ1v) is 11.8. The topological polar surface area (TPSA) is 139 Å². The molecule has 3 N–H and O–H groups in total. The van der Waals surface area contributed by atoms with Crippen LogP contribution in [0.5, 0.6) is 0 Å². The zero-order chi connectivity index (χ0) is 22.6. The molecule has 1 aromatic carbocycles. The Morgan fingerprint density at radius 2 is 2.00 bits per heavy atom. The molecule has 31 heavy (non-hydrogen) atoms. The normalized spacial score (nSPS) is 15.0. The van der Waals surface area contributed by atoms with Crippen molar-refractivity contribution in [3.63, 3.8) is 0 Å². The van der Waals surface area contributed by atoms with Gasteiger partial charge in [-0.3, -0.25) is 14.5 Å². The van der Waals surface area contributed by atoms with Gasteiger partial charge in [-0.2, -0.15) is 0 Å². The van der Waals surface area contributed by atoms with E-state index < -0.39 is 9.73 Å². The summed E-state index contributed by atoms with van der Waals surface area (Å²) in [7, 11) is -1.58. The van der Waals surface area contributed by atoms with Crippen molar-refractivity contribution in [3.05, 3.63) is 41.0 Å². The number of anilines is 2. The lowest BCUT2D eigenvalue weighted by Gasteiger charge is -2.18. The number of nitrogens with one attached hydrogen (secondary N) is 1. The summed E-state index contributed by atoms with van der Waals surface area (Å²) >= 11 is 0. The van der Waals surface area contributed by atoms with Crippen LogP contribution in [0.15, 0.2) is 29.4 Å². The SMILES string of the molecule is CCCS(=N)(=O)c1nc(N)c2c(n1)N(Cc1ccc(C(=O)CCCOC)cc1)C(=O)C2. The molecule has 1 aliphatic rings. The van der Waals surface area contributed by atoms with Crippen molar-refractivity contribution in [2.45, 2.75) is 44.3 Å². The van der Waals surface area contributed by atoms with E-state index in [0.29, 0.717) is 42.8 Å². The Bertz CT molecular complexity index is 1080. The summed E-state index contributed by atoms with van der Waals surface area (Å²) in [6, 6.07) is 7.07. The van der Waals surface area contributed by atoms with E-state index in [-0.39, 0.29) is 41.4 Å². The minimum absolute atomic E-state index is 0.0393. The molecule has 0 bridgehead atoms. The first kappa shape index (κ1) is 22.8. The first-order chi connectivity index (χ1) is 14.8. The van der Waals surface area contributed by atoms with Gasteiger partial charge in [-0.25, -0.2) is 19.0 Å². The molecule has 3 rings (SSSR count). The fourth-order valence-corrected chi connectivity index (χ4v) is 4.65. The number of carbonyl (C=O) groups excluding carboxylic acids is 2. The largest absolute Gasteiger partial charge is 0.385 e. The van der Waals surface area contributed by atoms with Gasteiger partial charge in [-0.15, -0.1) is 0 Å². The third-order valence-corrected chi connectivity index (χ3v) is 6.79. The van der Waals surface area contributed by atoms with Gasteiger partial charge in [0.2, 0.25) is 11.1 Å². The maximum absolute atomic E-state index is 12.6. The van der Waals surface area contributed by atoms with Crippen molar-refractivity contribution < 1.29 is 18.5 Å². The summed E-state index contributed by atoms with van der Waals surface area (Å²) in [5.41, 5.74) is 7.91. The Morgan fingerprint density at radius 3 is 2.65 bits per heavy atom. The zero-order valence-corrected chi connectivity index (χ0v) is 18.5. The van der Waals surface area contributed by atoms with Crippen molar-refractivity contribution in [2.24, 2.45) is 0 Å². The van der Waals surface area contributed by atoms with Gasteiger partial charge in [0, 0.05) is 37.0 Å². The van der Waals surface area contributed by atoms with E-state index in [1.165, 1.54) is 4.90 Å². The molecule has 2 aromatic rings. The van der Waals surface area contributed by atoms with Gasteiger partial charge in [0.05, 0.1) is 13.0 Å². The minimum atomic E-state index is -3.18. The van der Waals surface area contributed by atoms with Gasteiger partial charge in [-0.1, -0.05) is 31.2 Å². The van der Waals surface area contributed by atoms with Crippen molar-refractivity contribution in [1.82, 2.24) is 9.97 Å². The molecule has 1 aromatic heterocycles. The molecule has 0 aliphatic carbocycles. The van der Waals surface area contributed by atoms with Crippen LogP contribution in [0, 0.1) is 4.78 Å². The molecule has 1 amide bonds. The van der Waals surface area contributed by atoms with Crippen LogP contribution in [-0.4, -0.2) is 45.3 Å². The van der Waals surface area contributed by atoms with Crippen molar-refractivity contribution in [2.75, 3.05) is 30.1 Å². The first-order valence-electron chi connectivity index (χ1n) is 10.1. The Hall–Kier alpha value is -2.85. The van der Waals surface area contributed by atoms with Crippen LogP contribution in [-0.2, 0) is 32.2 Å². The van der Waals surface area contributed by atoms with Crippen LogP contribution in [0.1, 0.15) is 47.7 Å². The number of nitrogens with zero attached hydrogens (tertiary/aromatic N) is 3. The van der Waals surface area contributed by atoms with Gasteiger partial charge in [-0.05, 0) is 18.4 Å². The molecule has 10 heteroatoms. The number of ketones is 1. The standard InChI is InChI=1S/C21H27N5O4S/c1-3-11-31(23,29)21-24-19(22)16-12-18(28)26(20(16)25-21)13-14-6-8-15(9-7-14)17(27)5-4-10-30-2/h6-9,23H,3-5,10-13H2,1-2H3,(H2,22,24,25). The van der Waals surface area contributed by atoms with Gasteiger partial charge in [0.25, 0.3) is 0 Å². The van der Waals surface area contributed by atoms with Crippen LogP contribution >= 0.6 is 0 Å². The van der Waals surface area contributed by atoms with E-state index in [1.54, 1.807) is 31.4 Å². The maximum Gasteiger partial charge on any atom is 0.233 e. The summed E-state index contributed by atoms with van der Waals surface area (Å²) in [5.74, 6) is 0.364. The average molecular weight is 446 g/mol. The molecular weight excluding hydrogens is 418 g/mol. The van der Waals surface area contributed by atoms with Crippen LogP contribution in [0.25, 0.3) is 0 Å². The van der Waals surface area contributed by atoms with Crippen LogP contribution in [0.3, 0.4) is 0 Å². The second kappa shape index (κ2) is 9.52. The number of nitrogens with two attached hydrogens (primary N) is 1. The van der Waals surface area contributed by atoms with Crippen LogP contribution < -0.4 is 10.6 Å². The number of methoxy groups -OCH3 is 1. The Labute approximate surface area is 182 Å². The highest BCUT2D eigenvalue weighted by molar-refractivity contribution is 7.92. The van der Waals surface area contributed by atoms with Gasteiger partial charge in [0.1, 0.15) is 21.4 Å². The highest BCUT2D eigenvalue weighted by atomic mass is 32.2. The van der Waals surface area contributed by atoms with E-state index in [0.717, 1.165) is 5.56 Å². The van der Waals surface area contributed by atoms with Crippen molar-refractivity contribution in [3.8, 4) is 0 Å². The number of hydrogen-bond donors (Lipinski definition) is 2. The highest BCUT2D eigenvalue weighted by Gasteiger charge is 2.33. The van der Waals surface area contributed by atoms with Crippen LogP contribution in [0.2, 0.25) is 0 Å². The molecule has 0 saturated heterocycles. The molecule has 166 valence electrons. The predicted octanol–water partition coefficient (Wildman–Crippen LogP) is 2.57. The van der Waals surface area contributed by atoms with E-state index in [9.17, 15) is 13.8 Å². The number of benzene rings is 1. The van der Waals surface area contributed by atoms with E-state index in [4.69, 9.17) is 15.3 Å². The summed E-state index contributed by atoms with van der Waals surface area (Å²) in [6.45, 7) is 2.59. The van der Waals surface area contributed by atoms with Crippen molar-refractivity contribution >= 4 is 33.1 Å². The lowest BCUT2D eigenvalue weighted by molar-refractivity contribution is -0.117. The number of ether oxygens (including phenoxy) is 1. The summed E-state index contributed by atoms with van der Waals surface area (Å²) in [6.07, 6.45) is 1.68. The summed E-state index contributed by atoms with van der Waals surface area (Å²) in [4.78, 5) is 34.7. The van der Waals surface area contributed by atoms with Crippen molar-refractivity contribution in [1.29, 1.82) is 4.78 Å². The molecule has 0 saturated carbocycles. The van der Waals surface area contributed by atoms with E-state index in [2.05, 4.69) is 9.97 Å². The Kier molecular flexibility index (Phi) is 7.01. The average Bonchev–Trinajstić information content (AvgIpc) is 3.05. The molecule has 0 radical (unpaired) electrons. The molecule has 0 fully saturated rings. The fourth-order valence-electron chi connectivity index (χ4n) is 3.42. The monoisotopic (exact) mass is 445 g/mol. The molecule has 1 atom stereocenters. The quantitative estimate of drug-likeness (QED) is 0.325. The molecule has 0 spiro atoms. The number of hydrogen-bond acceptors (Lipinski definition) is 8. The molecule has 9 nitrogen and oxygen atoms in total. The van der Waals surface area contributed by atoms with Gasteiger partial charge < -0.3 is 10.5 Å². The molecule has 1 unspecified atom stereocenters. The number of fused-ring (bicyclic) bond motifs is 1. The predicted molar refractivity (Wildman–Crippen MR) is 118 cm³/mol. The fraction of sp³-hybridized carbons (Fsp3) is 0.429. The van der Waals surface area contributed by atoms with E-state index in [1.807, 2.05) is 6.92 Å². The molecule has 2 heterocycles. The minimum Gasteiger partial charge on any atom is -0.385 e. The highest BCUT2D eigenvalue weighted by Crippen LogP contribution is 2.32. The third kappa shape index (κ3) is 5.08. The Morgan fingerprint density at radius 1 is 1.29 bits per heavy atom. The number of aromatic nitrogens is 2. The Balaban J connectivity index is 1.82. The van der Waals surface area contributed by atoms with E-state index >= 15 is 0 Å². The summed E-state index contributed by atoms with van der Waals surface area (Å²) in [5, 5.41) is -0.137. The number of amides is 1. The number of rotatable bonds is 10. The lowest BCUT2D eigenvalue weighted by atomic mass is 10.0. The van der Waals surface area contributed by atoms with Crippen LogP contribution in [0.4, 0.5) is 11.6 Å². The smallest absolute Gasteiger partial charge is 0.233 e. The number of carbonyl (C=O) groups is 2. The van der Waals surface area contributed by atoms with Gasteiger partial charge >= 0.3 is 0 Å².